The number of hydrogen-bond acceptors (Lipinski definition) is 7. The number of carbonyl (C=O) groups is 2. The Hall–Kier alpha value is -3.73. The number of Topliss-reactive ketones (excluding diaryl/α,β-unsaturated/α-hetero) is 1. The van der Waals surface area contributed by atoms with E-state index in [0.717, 1.165) is 24.2 Å². The van der Waals surface area contributed by atoms with Gasteiger partial charge in [0, 0.05) is 38.1 Å². The normalized spacial score (nSPS) is 11.3. The molecule has 0 aliphatic carbocycles. The van der Waals surface area contributed by atoms with Gasteiger partial charge in [0.1, 0.15) is 0 Å². The molecular weight excluding hydrogens is 470 g/mol. The van der Waals surface area contributed by atoms with E-state index in [1.54, 1.807) is 11.9 Å². The van der Waals surface area contributed by atoms with Crippen molar-refractivity contribution in [2.75, 3.05) is 23.2 Å². The average Bonchev–Trinajstić information content (AvgIpc) is 3.04. The van der Waals surface area contributed by atoms with Crippen LogP contribution in [-0.2, 0) is 23.5 Å². The van der Waals surface area contributed by atoms with E-state index in [4.69, 9.17) is 0 Å². The van der Waals surface area contributed by atoms with Crippen LogP contribution in [0.15, 0.2) is 41.4 Å². The quantitative estimate of drug-likeness (QED) is 0.406. The standard InChI is InChI=1S/C24H29N5O5S/c1-15-21(16(2)29(5)26-15)7-6-12-28(4)23-22(13-19(14-25-23)24(31)32)27-35(33,34)20-10-8-18(9-11-20)17(3)30/h8-11,13-14,27H,6-7,12H2,1-5H3,(H,31,32). The molecule has 2 heterocycles. The molecule has 3 aromatic rings. The summed E-state index contributed by atoms with van der Waals surface area (Å²) in [7, 11) is -0.388. The first-order valence-corrected chi connectivity index (χ1v) is 12.5. The summed E-state index contributed by atoms with van der Waals surface area (Å²) >= 11 is 0. The number of benzene rings is 1. The summed E-state index contributed by atoms with van der Waals surface area (Å²) in [6, 6.07) is 6.76. The molecule has 0 amide bonds. The topological polar surface area (TPSA) is 134 Å². The Labute approximate surface area is 204 Å². The van der Waals surface area contributed by atoms with Crippen LogP contribution < -0.4 is 9.62 Å². The van der Waals surface area contributed by atoms with Gasteiger partial charge in [-0.05, 0) is 57.4 Å². The Balaban J connectivity index is 1.84. The molecule has 0 spiro atoms. The van der Waals surface area contributed by atoms with Crippen molar-refractivity contribution in [2.45, 2.75) is 38.5 Å². The number of aryl methyl sites for hydroxylation is 2. The van der Waals surface area contributed by atoms with E-state index in [1.807, 2.05) is 25.6 Å². The van der Waals surface area contributed by atoms with Gasteiger partial charge in [-0.2, -0.15) is 5.10 Å². The van der Waals surface area contributed by atoms with Crippen molar-refractivity contribution in [1.29, 1.82) is 0 Å². The van der Waals surface area contributed by atoms with Crippen LogP contribution in [0.25, 0.3) is 0 Å². The highest BCUT2D eigenvalue weighted by atomic mass is 32.2. The third kappa shape index (κ3) is 5.86. The lowest BCUT2D eigenvalue weighted by molar-refractivity contribution is 0.0696. The molecule has 0 saturated heterocycles. The highest BCUT2D eigenvalue weighted by Gasteiger charge is 2.21. The summed E-state index contributed by atoms with van der Waals surface area (Å²) in [5.74, 6) is -1.10. The second-order valence-corrected chi connectivity index (χ2v) is 10.1. The van der Waals surface area contributed by atoms with E-state index in [2.05, 4.69) is 14.8 Å². The summed E-state index contributed by atoms with van der Waals surface area (Å²) in [6.07, 6.45) is 2.74. The number of rotatable bonds is 10. The van der Waals surface area contributed by atoms with Gasteiger partial charge in [0.05, 0.1) is 21.8 Å². The molecule has 0 atom stereocenters. The average molecular weight is 500 g/mol. The van der Waals surface area contributed by atoms with Gasteiger partial charge in [0.25, 0.3) is 10.0 Å². The van der Waals surface area contributed by atoms with Crippen LogP contribution in [0.2, 0.25) is 0 Å². The van der Waals surface area contributed by atoms with E-state index in [-0.39, 0.29) is 21.9 Å². The molecule has 0 unspecified atom stereocenters. The molecule has 0 aliphatic rings. The third-order valence-electron chi connectivity index (χ3n) is 5.87. The number of nitrogens with one attached hydrogen (secondary N) is 1. The first-order valence-electron chi connectivity index (χ1n) is 11.0. The van der Waals surface area contributed by atoms with Crippen LogP contribution in [0.5, 0.6) is 0 Å². The number of carboxylic acid groups (broad SMARTS) is 1. The smallest absolute Gasteiger partial charge is 0.337 e. The number of anilines is 2. The SMILES string of the molecule is CC(=O)c1ccc(S(=O)(=O)Nc2cc(C(=O)O)cnc2N(C)CCCc2c(C)nn(C)c2C)cc1. The molecule has 0 radical (unpaired) electrons. The summed E-state index contributed by atoms with van der Waals surface area (Å²) in [4.78, 5) is 29.0. The Bertz CT molecular complexity index is 1360. The van der Waals surface area contributed by atoms with E-state index in [9.17, 15) is 23.1 Å². The summed E-state index contributed by atoms with van der Waals surface area (Å²) in [5, 5.41) is 13.8. The van der Waals surface area contributed by atoms with Crippen molar-refractivity contribution in [3.8, 4) is 0 Å². The molecule has 1 aromatic carbocycles. The van der Waals surface area contributed by atoms with Crippen molar-refractivity contribution in [3.63, 3.8) is 0 Å². The Morgan fingerprint density at radius 2 is 1.80 bits per heavy atom. The number of nitrogens with zero attached hydrogens (tertiary/aromatic N) is 4. The Morgan fingerprint density at radius 3 is 2.34 bits per heavy atom. The summed E-state index contributed by atoms with van der Waals surface area (Å²) < 4.78 is 30.3. The number of pyridine rings is 1. The van der Waals surface area contributed by atoms with Crippen molar-refractivity contribution in [3.05, 3.63) is 64.6 Å². The van der Waals surface area contributed by atoms with E-state index >= 15 is 0 Å². The molecule has 10 nitrogen and oxygen atoms in total. The molecular formula is C24H29N5O5S. The lowest BCUT2D eigenvalue weighted by Gasteiger charge is -2.22. The number of carbonyl (C=O) groups excluding carboxylic acids is 1. The summed E-state index contributed by atoms with van der Waals surface area (Å²) in [5.41, 5.74) is 3.53. The number of carboxylic acids is 1. The number of ketones is 1. The van der Waals surface area contributed by atoms with Crippen LogP contribution >= 0.6 is 0 Å². The maximum atomic E-state index is 13.0. The maximum absolute atomic E-state index is 13.0. The van der Waals surface area contributed by atoms with E-state index in [0.29, 0.717) is 17.9 Å². The highest BCUT2D eigenvalue weighted by Crippen LogP contribution is 2.27. The molecule has 35 heavy (non-hydrogen) atoms. The van der Waals surface area contributed by atoms with Gasteiger partial charge in [-0.25, -0.2) is 18.2 Å². The zero-order valence-electron chi connectivity index (χ0n) is 20.4. The van der Waals surface area contributed by atoms with Gasteiger partial charge in [-0.15, -0.1) is 0 Å². The van der Waals surface area contributed by atoms with Gasteiger partial charge >= 0.3 is 5.97 Å². The predicted molar refractivity (Wildman–Crippen MR) is 133 cm³/mol. The second kappa shape index (κ2) is 10.3. The fourth-order valence-corrected chi connectivity index (χ4v) is 4.86. The molecule has 11 heteroatoms. The van der Waals surface area contributed by atoms with Crippen molar-refractivity contribution >= 4 is 33.3 Å². The van der Waals surface area contributed by atoms with Gasteiger partial charge in [0.2, 0.25) is 0 Å². The Kier molecular flexibility index (Phi) is 7.59. The molecule has 0 bridgehead atoms. The molecule has 0 fully saturated rings. The lowest BCUT2D eigenvalue weighted by Crippen LogP contribution is -2.24. The van der Waals surface area contributed by atoms with E-state index < -0.39 is 16.0 Å². The van der Waals surface area contributed by atoms with Crippen LogP contribution in [0, 0.1) is 13.8 Å². The molecule has 0 aliphatic heterocycles. The first kappa shape index (κ1) is 25.9. The van der Waals surface area contributed by atoms with Crippen molar-refractivity contribution < 1.29 is 23.1 Å². The second-order valence-electron chi connectivity index (χ2n) is 8.38. The first-order chi connectivity index (χ1) is 16.4. The van der Waals surface area contributed by atoms with Crippen molar-refractivity contribution in [2.24, 2.45) is 7.05 Å². The zero-order valence-corrected chi connectivity index (χ0v) is 21.2. The number of sulfonamides is 1. The summed E-state index contributed by atoms with van der Waals surface area (Å²) in [6.45, 7) is 5.92. The zero-order chi connectivity index (χ0) is 25.9. The Morgan fingerprint density at radius 1 is 1.14 bits per heavy atom. The van der Waals surface area contributed by atoms with Gasteiger partial charge in [-0.1, -0.05) is 12.1 Å². The minimum absolute atomic E-state index is 0.0526. The lowest BCUT2D eigenvalue weighted by atomic mass is 10.1. The largest absolute Gasteiger partial charge is 0.478 e. The minimum atomic E-state index is -4.06. The fraction of sp³-hybridized carbons (Fsp3) is 0.333. The molecule has 3 rings (SSSR count). The van der Waals surface area contributed by atoms with Crippen LogP contribution in [-0.4, -0.2) is 53.6 Å². The highest BCUT2D eigenvalue weighted by molar-refractivity contribution is 7.92. The maximum Gasteiger partial charge on any atom is 0.337 e. The number of aromatic nitrogens is 3. The molecule has 2 N–H and O–H groups in total. The monoisotopic (exact) mass is 499 g/mol. The predicted octanol–water partition coefficient (Wildman–Crippen LogP) is 3.20. The molecule has 186 valence electrons. The van der Waals surface area contributed by atoms with E-state index in [1.165, 1.54) is 49.0 Å². The van der Waals surface area contributed by atoms with Crippen LogP contribution in [0.1, 0.15) is 51.0 Å². The fourth-order valence-electron chi connectivity index (χ4n) is 3.80. The van der Waals surface area contributed by atoms with Gasteiger partial charge in [0.15, 0.2) is 11.6 Å². The number of aromatic carboxylic acids is 1. The van der Waals surface area contributed by atoms with Crippen LogP contribution in [0.3, 0.4) is 0 Å². The van der Waals surface area contributed by atoms with Crippen LogP contribution in [0.4, 0.5) is 11.5 Å². The molecule has 0 saturated carbocycles. The molecule has 2 aromatic heterocycles. The van der Waals surface area contributed by atoms with Gasteiger partial charge in [-0.3, -0.25) is 14.2 Å². The number of hydrogen-bond donors (Lipinski definition) is 2. The minimum Gasteiger partial charge on any atom is -0.478 e. The third-order valence-corrected chi connectivity index (χ3v) is 7.25. The van der Waals surface area contributed by atoms with Gasteiger partial charge < -0.3 is 10.0 Å². The van der Waals surface area contributed by atoms with Crippen molar-refractivity contribution in [1.82, 2.24) is 14.8 Å².